The number of para-hydroxylation sites is 2. The fraction of sp³-hybridized carbons (Fsp3) is 0.318. The molecule has 0 saturated carbocycles. The second-order valence-corrected chi connectivity index (χ2v) is 7.58. The Labute approximate surface area is 170 Å². The molecule has 7 nitrogen and oxygen atoms in total. The van der Waals surface area contributed by atoms with E-state index >= 15 is 0 Å². The standard InChI is InChI=1S/C22H27N5O2/c1-14(2)12-19(27-22(23)29)21(28)26-18(13-15-8-4-3-5-9-15)20-24-16-10-6-7-11-17(16)25-20/h3-11,14,18-19H,12-13H2,1-2H3,(H,24,25)(H,26,28)(H3,23,27,29)/t18-,19-/m1/s1. The van der Waals surface area contributed by atoms with Gasteiger partial charge in [0.05, 0.1) is 17.1 Å². The van der Waals surface area contributed by atoms with Gasteiger partial charge in [0.1, 0.15) is 11.9 Å². The molecule has 0 saturated heterocycles. The SMILES string of the molecule is CC(C)C[C@@H](NC(N)=O)C(=O)N[C@H](Cc1ccccc1)c1nc2ccccc2[nH]1. The van der Waals surface area contributed by atoms with Gasteiger partial charge in [-0.3, -0.25) is 4.79 Å². The zero-order valence-corrected chi connectivity index (χ0v) is 16.7. The van der Waals surface area contributed by atoms with Crippen molar-refractivity contribution in [3.63, 3.8) is 0 Å². The van der Waals surface area contributed by atoms with Gasteiger partial charge in [0.25, 0.3) is 0 Å². The maximum Gasteiger partial charge on any atom is 0.312 e. The first-order valence-electron chi connectivity index (χ1n) is 9.77. The Balaban J connectivity index is 1.87. The number of amides is 3. The van der Waals surface area contributed by atoms with E-state index in [9.17, 15) is 9.59 Å². The summed E-state index contributed by atoms with van der Waals surface area (Å²) in [6.07, 6.45) is 1.06. The number of nitrogens with zero attached hydrogens (tertiary/aromatic N) is 1. The minimum atomic E-state index is -0.714. The molecule has 0 aliphatic carbocycles. The largest absolute Gasteiger partial charge is 0.352 e. The Bertz CT molecular complexity index is 935. The van der Waals surface area contributed by atoms with Crippen molar-refractivity contribution in [2.75, 3.05) is 0 Å². The Morgan fingerprint density at radius 3 is 2.38 bits per heavy atom. The van der Waals surface area contributed by atoms with E-state index in [4.69, 9.17) is 5.73 Å². The maximum absolute atomic E-state index is 13.0. The van der Waals surface area contributed by atoms with Gasteiger partial charge in [-0.15, -0.1) is 0 Å². The summed E-state index contributed by atoms with van der Waals surface area (Å²) >= 11 is 0. The molecule has 0 radical (unpaired) electrons. The van der Waals surface area contributed by atoms with Gasteiger partial charge < -0.3 is 21.4 Å². The van der Waals surface area contributed by atoms with Crippen LogP contribution in [0.4, 0.5) is 4.79 Å². The molecule has 152 valence electrons. The van der Waals surface area contributed by atoms with Crippen molar-refractivity contribution < 1.29 is 9.59 Å². The lowest BCUT2D eigenvalue weighted by Gasteiger charge is -2.23. The number of urea groups is 1. The fourth-order valence-corrected chi connectivity index (χ4v) is 3.35. The van der Waals surface area contributed by atoms with Crippen LogP contribution in [0.3, 0.4) is 0 Å². The van der Waals surface area contributed by atoms with Gasteiger partial charge in [-0.25, -0.2) is 9.78 Å². The van der Waals surface area contributed by atoms with E-state index in [1.54, 1.807) is 0 Å². The number of aromatic nitrogens is 2. The topological polar surface area (TPSA) is 113 Å². The molecule has 0 aliphatic heterocycles. The zero-order valence-electron chi connectivity index (χ0n) is 16.7. The van der Waals surface area contributed by atoms with Gasteiger partial charge in [-0.2, -0.15) is 0 Å². The highest BCUT2D eigenvalue weighted by atomic mass is 16.2. The van der Waals surface area contributed by atoms with Crippen LogP contribution in [-0.2, 0) is 11.2 Å². The predicted octanol–water partition coefficient (Wildman–Crippen LogP) is 3.05. The molecule has 0 fully saturated rings. The van der Waals surface area contributed by atoms with Gasteiger partial charge in [0.15, 0.2) is 0 Å². The van der Waals surface area contributed by atoms with Crippen molar-refractivity contribution in [3.8, 4) is 0 Å². The Hall–Kier alpha value is -3.35. The number of H-pyrrole nitrogens is 1. The van der Waals surface area contributed by atoms with E-state index in [0.29, 0.717) is 18.7 Å². The number of aromatic amines is 1. The lowest BCUT2D eigenvalue weighted by atomic mass is 10.0. The first-order chi connectivity index (χ1) is 13.9. The van der Waals surface area contributed by atoms with Crippen LogP contribution in [0.25, 0.3) is 11.0 Å². The Morgan fingerprint density at radius 1 is 1.03 bits per heavy atom. The van der Waals surface area contributed by atoms with Crippen molar-refractivity contribution in [2.24, 2.45) is 11.7 Å². The first-order valence-corrected chi connectivity index (χ1v) is 9.77. The molecule has 1 heterocycles. The molecule has 0 spiro atoms. The molecule has 1 aromatic heterocycles. The van der Waals surface area contributed by atoms with Crippen molar-refractivity contribution in [2.45, 2.75) is 38.8 Å². The summed E-state index contributed by atoms with van der Waals surface area (Å²) in [5.41, 5.74) is 8.09. The van der Waals surface area contributed by atoms with Crippen molar-refractivity contribution in [1.82, 2.24) is 20.6 Å². The average molecular weight is 393 g/mol. The summed E-state index contributed by atoms with van der Waals surface area (Å²) in [7, 11) is 0. The number of nitrogens with two attached hydrogens (primary N) is 1. The minimum Gasteiger partial charge on any atom is -0.352 e. The first kappa shape index (κ1) is 20.4. The molecule has 5 N–H and O–H groups in total. The zero-order chi connectivity index (χ0) is 20.8. The highest BCUT2D eigenvalue weighted by Crippen LogP contribution is 2.20. The number of carbonyl (C=O) groups is 2. The van der Waals surface area contributed by atoms with E-state index in [1.165, 1.54) is 0 Å². The van der Waals surface area contributed by atoms with Gasteiger partial charge in [0, 0.05) is 0 Å². The van der Waals surface area contributed by atoms with E-state index in [2.05, 4.69) is 20.6 Å². The number of nitrogens with one attached hydrogen (secondary N) is 3. The summed E-state index contributed by atoms with van der Waals surface area (Å²) in [6, 6.07) is 15.8. The van der Waals surface area contributed by atoms with Crippen LogP contribution in [0.2, 0.25) is 0 Å². The number of carbonyl (C=O) groups excluding carboxylic acids is 2. The summed E-state index contributed by atoms with van der Waals surface area (Å²) < 4.78 is 0. The predicted molar refractivity (Wildman–Crippen MR) is 113 cm³/mol. The molecular weight excluding hydrogens is 366 g/mol. The van der Waals surface area contributed by atoms with Crippen LogP contribution < -0.4 is 16.4 Å². The molecule has 3 rings (SSSR count). The Morgan fingerprint density at radius 2 is 1.72 bits per heavy atom. The number of rotatable bonds is 8. The summed E-state index contributed by atoms with van der Waals surface area (Å²) in [6.45, 7) is 3.98. The normalized spacial score (nSPS) is 13.2. The molecule has 7 heteroatoms. The van der Waals surface area contributed by atoms with E-state index in [1.807, 2.05) is 68.4 Å². The van der Waals surface area contributed by atoms with E-state index in [-0.39, 0.29) is 17.9 Å². The molecular formula is C22H27N5O2. The summed E-state index contributed by atoms with van der Waals surface area (Å²) in [5.74, 6) is 0.612. The van der Waals surface area contributed by atoms with Gasteiger partial charge >= 0.3 is 6.03 Å². The van der Waals surface area contributed by atoms with E-state index in [0.717, 1.165) is 16.6 Å². The molecule has 3 aromatic rings. The van der Waals surface area contributed by atoms with Crippen molar-refractivity contribution in [3.05, 3.63) is 66.0 Å². The smallest absolute Gasteiger partial charge is 0.312 e. The third kappa shape index (κ3) is 5.57. The second kappa shape index (κ2) is 9.23. The third-order valence-corrected chi connectivity index (χ3v) is 4.68. The molecule has 0 aliphatic rings. The monoisotopic (exact) mass is 393 g/mol. The lowest BCUT2D eigenvalue weighted by molar-refractivity contribution is -0.124. The number of benzene rings is 2. The minimum absolute atomic E-state index is 0.219. The third-order valence-electron chi connectivity index (χ3n) is 4.68. The maximum atomic E-state index is 13.0. The van der Waals surface area contributed by atoms with Crippen LogP contribution in [0.1, 0.15) is 37.7 Å². The summed E-state index contributed by atoms with van der Waals surface area (Å²) in [5, 5.41) is 5.61. The van der Waals surface area contributed by atoms with Crippen LogP contribution >= 0.6 is 0 Å². The van der Waals surface area contributed by atoms with Gasteiger partial charge in [-0.1, -0.05) is 56.3 Å². The molecule has 29 heavy (non-hydrogen) atoms. The average Bonchev–Trinajstić information content (AvgIpc) is 3.11. The fourth-order valence-electron chi connectivity index (χ4n) is 3.35. The van der Waals surface area contributed by atoms with Crippen LogP contribution in [-0.4, -0.2) is 27.9 Å². The summed E-state index contributed by atoms with van der Waals surface area (Å²) in [4.78, 5) is 32.3. The van der Waals surface area contributed by atoms with Gasteiger partial charge in [-0.05, 0) is 36.5 Å². The van der Waals surface area contributed by atoms with Crippen LogP contribution in [0.5, 0.6) is 0 Å². The molecule has 0 bridgehead atoms. The Kier molecular flexibility index (Phi) is 6.49. The molecule has 0 unspecified atom stereocenters. The van der Waals surface area contributed by atoms with Crippen LogP contribution in [0, 0.1) is 5.92 Å². The van der Waals surface area contributed by atoms with E-state index < -0.39 is 12.1 Å². The van der Waals surface area contributed by atoms with Gasteiger partial charge in [0.2, 0.25) is 5.91 Å². The number of hydrogen-bond acceptors (Lipinski definition) is 3. The number of primary amides is 1. The van der Waals surface area contributed by atoms with Crippen molar-refractivity contribution >= 4 is 23.0 Å². The number of fused-ring (bicyclic) bond motifs is 1. The van der Waals surface area contributed by atoms with Crippen molar-refractivity contribution in [1.29, 1.82) is 0 Å². The molecule has 2 aromatic carbocycles. The number of hydrogen-bond donors (Lipinski definition) is 4. The quantitative estimate of drug-likeness (QED) is 0.472. The second-order valence-electron chi connectivity index (χ2n) is 7.58. The number of imidazole rings is 1. The highest BCUT2D eigenvalue weighted by Gasteiger charge is 2.26. The highest BCUT2D eigenvalue weighted by molar-refractivity contribution is 5.87. The van der Waals surface area contributed by atoms with Crippen LogP contribution in [0.15, 0.2) is 54.6 Å². The molecule has 3 amide bonds. The lowest BCUT2D eigenvalue weighted by Crippen LogP contribution is -2.50. The molecule has 2 atom stereocenters.